The van der Waals surface area contributed by atoms with Gasteiger partial charge in [-0.25, -0.2) is 14.2 Å². The molecule has 0 unspecified atom stereocenters. The summed E-state index contributed by atoms with van der Waals surface area (Å²) in [5.41, 5.74) is 1.43. The minimum Gasteiger partial charge on any atom is -0.476 e. The molecule has 2 rings (SSSR count). The molecule has 0 spiro atoms. The van der Waals surface area contributed by atoms with Crippen LogP contribution in [0, 0.1) is 5.82 Å². The highest BCUT2D eigenvalue weighted by Crippen LogP contribution is 2.19. The van der Waals surface area contributed by atoms with E-state index in [9.17, 15) is 9.18 Å². The second-order valence-corrected chi connectivity index (χ2v) is 4.16. The first-order valence-corrected chi connectivity index (χ1v) is 5.72. The molecule has 4 nitrogen and oxygen atoms in total. The number of aromatic nitrogens is 1. The average molecular weight is 260 g/mol. The molecule has 5 heteroatoms. The summed E-state index contributed by atoms with van der Waals surface area (Å²) in [6.45, 7) is 0.478. The average Bonchev–Trinajstić information content (AvgIpc) is 2.41. The summed E-state index contributed by atoms with van der Waals surface area (Å²) in [7, 11) is 1.77. The van der Waals surface area contributed by atoms with E-state index in [-0.39, 0.29) is 11.5 Å². The number of hydrogen-bond acceptors (Lipinski definition) is 3. The van der Waals surface area contributed by atoms with Crippen LogP contribution in [0.25, 0.3) is 0 Å². The molecule has 0 atom stereocenters. The molecular weight excluding hydrogens is 247 g/mol. The maximum absolute atomic E-state index is 12.8. The monoisotopic (exact) mass is 260 g/mol. The zero-order chi connectivity index (χ0) is 13.8. The van der Waals surface area contributed by atoms with E-state index in [4.69, 9.17) is 5.11 Å². The molecule has 0 saturated heterocycles. The van der Waals surface area contributed by atoms with Crippen LogP contribution in [0.5, 0.6) is 0 Å². The van der Waals surface area contributed by atoms with Gasteiger partial charge in [0.15, 0.2) is 5.69 Å². The van der Waals surface area contributed by atoms with E-state index in [2.05, 4.69) is 4.98 Å². The molecule has 0 bridgehead atoms. The molecule has 1 aromatic heterocycles. The Kier molecular flexibility index (Phi) is 3.75. The second kappa shape index (κ2) is 5.48. The van der Waals surface area contributed by atoms with E-state index in [0.717, 1.165) is 5.56 Å². The Balaban J connectivity index is 2.22. The Morgan fingerprint density at radius 3 is 2.63 bits per heavy atom. The number of rotatable bonds is 4. The fourth-order valence-electron chi connectivity index (χ4n) is 1.82. The van der Waals surface area contributed by atoms with E-state index in [1.165, 1.54) is 18.3 Å². The highest BCUT2D eigenvalue weighted by molar-refractivity contribution is 5.92. The Morgan fingerprint density at radius 2 is 2.00 bits per heavy atom. The minimum absolute atomic E-state index is 0.00658. The predicted molar refractivity (Wildman–Crippen MR) is 69.7 cm³/mol. The number of carbonyl (C=O) groups is 1. The molecule has 2 aromatic rings. The van der Waals surface area contributed by atoms with Gasteiger partial charge >= 0.3 is 5.97 Å². The molecule has 98 valence electrons. The molecule has 0 amide bonds. The quantitative estimate of drug-likeness (QED) is 0.917. The number of hydrogen-bond donors (Lipinski definition) is 1. The maximum atomic E-state index is 12.8. The third-order valence-corrected chi connectivity index (χ3v) is 2.73. The summed E-state index contributed by atoms with van der Waals surface area (Å²) >= 11 is 0. The van der Waals surface area contributed by atoms with Gasteiger partial charge in [-0.2, -0.15) is 0 Å². The molecule has 0 radical (unpaired) electrons. The van der Waals surface area contributed by atoms with Crippen molar-refractivity contribution in [2.45, 2.75) is 6.54 Å². The molecular formula is C14H13FN2O2. The van der Waals surface area contributed by atoms with Crippen LogP contribution in [0.4, 0.5) is 10.1 Å². The van der Waals surface area contributed by atoms with Crippen molar-refractivity contribution in [2.24, 2.45) is 0 Å². The summed E-state index contributed by atoms with van der Waals surface area (Å²) in [6.07, 6.45) is 1.44. The predicted octanol–water partition coefficient (Wildman–Crippen LogP) is 2.56. The third kappa shape index (κ3) is 3.07. The largest absolute Gasteiger partial charge is 0.476 e. The van der Waals surface area contributed by atoms with E-state index in [1.807, 2.05) is 0 Å². The van der Waals surface area contributed by atoms with Gasteiger partial charge in [0.1, 0.15) is 5.82 Å². The summed E-state index contributed by atoms with van der Waals surface area (Å²) in [6, 6.07) is 9.48. The molecule has 19 heavy (non-hydrogen) atoms. The van der Waals surface area contributed by atoms with Crippen LogP contribution in [0.15, 0.2) is 42.6 Å². The van der Waals surface area contributed by atoms with E-state index in [0.29, 0.717) is 12.2 Å². The van der Waals surface area contributed by atoms with Crippen LogP contribution in [0.3, 0.4) is 0 Å². The van der Waals surface area contributed by atoms with E-state index >= 15 is 0 Å². The molecule has 1 N–H and O–H groups in total. The number of aromatic carboxylic acids is 1. The third-order valence-electron chi connectivity index (χ3n) is 2.73. The van der Waals surface area contributed by atoms with Crippen molar-refractivity contribution in [3.8, 4) is 0 Å². The first-order chi connectivity index (χ1) is 9.08. The van der Waals surface area contributed by atoms with Gasteiger partial charge in [0.2, 0.25) is 0 Å². The molecule has 0 fully saturated rings. The maximum Gasteiger partial charge on any atom is 0.356 e. The minimum atomic E-state index is -1.07. The summed E-state index contributed by atoms with van der Waals surface area (Å²) in [5.74, 6) is -1.36. The van der Waals surface area contributed by atoms with Crippen LogP contribution in [0.1, 0.15) is 16.1 Å². The van der Waals surface area contributed by atoms with Crippen LogP contribution in [0.2, 0.25) is 0 Å². The van der Waals surface area contributed by atoms with Crippen molar-refractivity contribution in [1.29, 1.82) is 0 Å². The van der Waals surface area contributed by atoms with E-state index in [1.54, 1.807) is 36.2 Å². The lowest BCUT2D eigenvalue weighted by molar-refractivity contribution is 0.0691. The molecule has 1 aromatic carbocycles. The summed E-state index contributed by atoms with van der Waals surface area (Å²) in [5, 5.41) is 9.08. The number of carboxylic acid groups (broad SMARTS) is 1. The molecule has 0 aliphatic rings. The van der Waals surface area contributed by atoms with Crippen LogP contribution >= 0.6 is 0 Å². The van der Waals surface area contributed by atoms with Crippen molar-refractivity contribution in [2.75, 3.05) is 11.9 Å². The number of carboxylic acids is 1. The Labute approximate surface area is 110 Å². The molecule has 0 aliphatic carbocycles. The first kappa shape index (κ1) is 13.0. The van der Waals surface area contributed by atoms with Gasteiger partial charge in [-0.1, -0.05) is 12.1 Å². The van der Waals surface area contributed by atoms with Gasteiger partial charge in [0.05, 0.1) is 5.69 Å². The topological polar surface area (TPSA) is 53.4 Å². The number of pyridine rings is 1. The zero-order valence-corrected chi connectivity index (χ0v) is 10.4. The second-order valence-electron chi connectivity index (χ2n) is 4.16. The highest BCUT2D eigenvalue weighted by Gasteiger charge is 2.14. The highest BCUT2D eigenvalue weighted by atomic mass is 19.1. The fourth-order valence-corrected chi connectivity index (χ4v) is 1.82. The number of anilines is 1. The van der Waals surface area contributed by atoms with Crippen LogP contribution < -0.4 is 4.90 Å². The summed E-state index contributed by atoms with van der Waals surface area (Å²) < 4.78 is 12.8. The molecule has 0 aliphatic heterocycles. The lowest BCUT2D eigenvalue weighted by Gasteiger charge is -2.20. The Morgan fingerprint density at radius 1 is 1.32 bits per heavy atom. The first-order valence-electron chi connectivity index (χ1n) is 5.72. The zero-order valence-electron chi connectivity index (χ0n) is 10.4. The van der Waals surface area contributed by atoms with Crippen molar-refractivity contribution in [3.05, 3.63) is 59.7 Å². The van der Waals surface area contributed by atoms with E-state index < -0.39 is 5.97 Å². The van der Waals surface area contributed by atoms with Crippen molar-refractivity contribution >= 4 is 11.7 Å². The SMILES string of the molecule is CN(Cc1ccc(F)cc1)c1cccnc1C(=O)O. The van der Waals surface area contributed by atoms with Crippen molar-refractivity contribution in [3.63, 3.8) is 0 Å². The molecule has 1 heterocycles. The lowest BCUT2D eigenvalue weighted by Crippen LogP contribution is -2.20. The van der Waals surface area contributed by atoms with Crippen molar-refractivity contribution in [1.82, 2.24) is 4.98 Å². The van der Waals surface area contributed by atoms with Gasteiger partial charge in [-0.05, 0) is 29.8 Å². The van der Waals surface area contributed by atoms with Crippen LogP contribution in [-0.2, 0) is 6.54 Å². The molecule has 0 saturated carbocycles. The Hall–Kier alpha value is -2.43. The Bertz CT molecular complexity index is 584. The lowest BCUT2D eigenvalue weighted by atomic mass is 10.2. The number of halogens is 1. The number of nitrogens with zero attached hydrogens (tertiary/aromatic N) is 2. The fraction of sp³-hybridized carbons (Fsp3) is 0.143. The normalized spacial score (nSPS) is 10.2. The standard InChI is InChI=1S/C14H13FN2O2/c1-17(9-10-4-6-11(15)7-5-10)12-3-2-8-16-13(12)14(18)19/h2-8H,9H2,1H3,(H,18,19). The van der Waals surface area contributed by atoms with Crippen LogP contribution in [-0.4, -0.2) is 23.1 Å². The van der Waals surface area contributed by atoms with Gasteiger partial charge in [0.25, 0.3) is 0 Å². The smallest absolute Gasteiger partial charge is 0.356 e. The van der Waals surface area contributed by atoms with Crippen molar-refractivity contribution < 1.29 is 14.3 Å². The van der Waals surface area contributed by atoms with Gasteiger partial charge < -0.3 is 10.0 Å². The summed E-state index contributed by atoms with van der Waals surface area (Å²) in [4.78, 5) is 16.7. The van der Waals surface area contributed by atoms with Gasteiger partial charge in [-0.15, -0.1) is 0 Å². The van der Waals surface area contributed by atoms with Gasteiger partial charge in [-0.3, -0.25) is 0 Å². The van der Waals surface area contributed by atoms with Gasteiger partial charge in [0, 0.05) is 19.8 Å². The number of benzene rings is 1.